The van der Waals surface area contributed by atoms with E-state index in [0.29, 0.717) is 11.3 Å². The normalized spacial score (nSPS) is 10.3. The highest BCUT2D eigenvalue weighted by atomic mass is 35.5. The Morgan fingerprint density at radius 3 is 2.48 bits per heavy atom. The van der Waals surface area contributed by atoms with E-state index in [2.05, 4.69) is 5.32 Å². The molecule has 0 saturated carbocycles. The Hall–Kier alpha value is -3.38. The largest absolute Gasteiger partial charge is 0.489 e. The highest BCUT2D eigenvalue weighted by Crippen LogP contribution is 2.19. The molecule has 5 nitrogen and oxygen atoms in total. The van der Waals surface area contributed by atoms with Gasteiger partial charge >= 0.3 is 5.97 Å². The molecule has 29 heavy (non-hydrogen) atoms. The first-order valence-electron chi connectivity index (χ1n) is 8.70. The van der Waals surface area contributed by atoms with Crippen LogP contribution in [0.3, 0.4) is 0 Å². The van der Waals surface area contributed by atoms with Gasteiger partial charge in [0.2, 0.25) is 0 Å². The lowest BCUT2D eigenvalue weighted by molar-refractivity contribution is -0.119. The van der Waals surface area contributed by atoms with Gasteiger partial charge < -0.3 is 14.8 Å². The van der Waals surface area contributed by atoms with Gasteiger partial charge in [-0.15, -0.1) is 0 Å². The van der Waals surface area contributed by atoms with E-state index in [0.717, 1.165) is 6.07 Å². The molecule has 0 heterocycles. The first-order valence-corrected chi connectivity index (χ1v) is 9.08. The molecule has 1 N–H and O–H groups in total. The standard InChI is InChI=1S/C22H17ClFNO4/c23-16-10-11-19(24)20(12-16)25-21(26)14-29-22(27)18-9-5-4-6-15(18)13-28-17-7-2-1-3-8-17/h1-12H,13-14H2,(H,25,26). The molecule has 148 valence electrons. The van der Waals surface area contributed by atoms with Crippen molar-refractivity contribution < 1.29 is 23.5 Å². The molecule has 0 unspecified atom stereocenters. The Labute approximate surface area is 172 Å². The summed E-state index contributed by atoms with van der Waals surface area (Å²) in [5.74, 6) is -1.34. The number of carbonyl (C=O) groups is 2. The molecule has 3 rings (SSSR count). The van der Waals surface area contributed by atoms with Crippen molar-refractivity contribution in [3.8, 4) is 5.75 Å². The molecule has 0 aliphatic rings. The van der Waals surface area contributed by atoms with Crippen LogP contribution in [0.5, 0.6) is 5.75 Å². The summed E-state index contributed by atoms with van der Waals surface area (Å²) < 4.78 is 24.4. The Balaban J connectivity index is 1.59. The van der Waals surface area contributed by atoms with E-state index in [1.807, 2.05) is 18.2 Å². The summed E-state index contributed by atoms with van der Waals surface area (Å²) in [5, 5.41) is 2.59. The Morgan fingerprint density at radius 1 is 0.966 bits per heavy atom. The van der Waals surface area contributed by atoms with Crippen molar-refractivity contribution in [3.63, 3.8) is 0 Å². The summed E-state index contributed by atoms with van der Waals surface area (Å²) in [6.07, 6.45) is 0. The molecule has 0 aliphatic carbocycles. The number of rotatable bonds is 7. The molecule has 3 aromatic carbocycles. The van der Waals surface area contributed by atoms with E-state index < -0.39 is 24.3 Å². The van der Waals surface area contributed by atoms with E-state index in [1.54, 1.807) is 36.4 Å². The first kappa shape index (κ1) is 20.4. The number of nitrogens with one attached hydrogen (secondary N) is 1. The number of ether oxygens (including phenoxy) is 2. The van der Waals surface area contributed by atoms with Gasteiger partial charge in [0, 0.05) is 10.6 Å². The molecule has 0 spiro atoms. The maximum atomic E-state index is 13.7. The smallest absolute Gasteiger partial charge is 0.339 e. The van der Waals surface area contributed by atoms with Gasteiger partial charge in [0.25, 0.3) is 5.91 Å². The van der Waals surface area contributed by atoms with Crippen LogP contribution in [0.25, 0.3) is 0 Å². The second-order valence-electron chi connectivity index (χ2n) is 6.01. The van der Waals surface area contributed by atoms with E-state index in [-0.39, 0.29) is 22.9 Å². The fourth-order valence-corrected chi connectivity index (χ4v) is 2.68. The summed E-state index contributed by atoms with van der Waals surface area (Å²) >= 11 is 5.78. The molecular weight excluding hydrogens is 397 g/mol. The van der Waals surface area contributed by atoms with Gasteiger partial charge in [-0.25, -0.2) is 9.18 Å². The quantitative estimate of drug-likeness (QED) is 0.562. The third-order valence-corrected chi connectivity index (χ3v) is 4.15. The zero-order valence-corrected chi connectivity index (χ0v) is 16.0. The van der Waals surface area contributed by atoms with E-state index in [9.17, 15) is 14.0 Å². The predicted octanol–water partition coefficient (Wildman–Crippen LogP) is 4.85. The molecule has 1 amide bonds. The second kappa shape index (κ2) is 9.71. The summed E-state index contributed by atoms with van der Waals surface area (Å²) in [7, 11) is 0. The van der Waals surface area contributed by atoms with Gasteiger partial charge in [0.1, 0.15) is 18.2 Å². The zero-order chi connectivity index (χ0) is 20.6. The summed E-state index contributed by atoms with van der Waals surface area (Å²) in [4.78, 5) is 24.4. The molecule has 0 aliphatic heterocycles. The number of anilines is 1. The van der Waals surface area contributed by atoms with Gasteiger partial charge in [0.15, 0.2) is 6.61 Å². The van der Waals surface area contributed by atoms with Crippen molar-refractivity contribution in [2.45, 2.75) is 6.61 Å². The van der Waals surface area contributed by atoms with Crippen LogP contribution in [0.4, 0.5) is 10.1 Å². The van der Waals surface area contributed by atoms with Crippen LogP contribution in [0.1, 0.15) is 15.9 Å². The van der Waals surface area contributed by atoms with Gasteiger partial charge in [0.05, 0.1) is 11.3 Å². The Morgan fingerprint density at radius 2 is 1.69 bits per heavy atom. The minimum Gasteiger partial charge on any atom is -0.489 e. The van der Waals surface area contributed by atoms with Crippen LogP contribution < -0.4 is 10.1 Å². The monoisotopic (exact) mass is 413 g/mol. The number of hydrogen-bond donors (Lipinski definition) is 1. The van der Waals surface area contributed by atoms with Crippen molar-refractivity contribution in [3.05, 3.63) is 94.8 Å². The molecule has 7 heteroatoms. The van der Waals surface area contributed by atoms with E-state index >= 15 is 0 Å². The average molecular weight is 414 g/mol. The lowest BCUT2D eigenvalue weighted by Crippen LogP contribution is -2.22. The molecule has 0 fully saturated rings. The first-order chi connectivity index (χ1) is 14.0. The van der Waals surface area contributed by atoms with Crippen LogP contribution in [0.15, 0.2) is 72.8 Å². The van der Waals surface area contributed by atoms with E-state index in [4.69, 9.17) is 21.1 Å². The molecule has 0 atom stereocenters. The topological polar surface area (TPSA) is 64.6 Å². The summed E-state index contributed by atoms with van der Waals surface area (Å²) in [6.45, 7) is -0.409. The number of carbonyl (C=O) groups excluding carboxylic acids is 2. The summed E-state index contributed by atoms with van der Waals surface area (Å²) in [5.41, 5.74) is 0.808. The Kier molecular flexibility index (Phi) is 6.81. The predicted molar refractivity (Wildman–Crippen MR) is 108 cm³/mol. The molecule has 0 aromatic heterocycles. The number of para-hydroxylation sites is 1. The van der Waals surface area contributed by atoms with Crippen LogP contribution in [0, 0.1) is 5.82 Å². The fourth-order valence-electron chi connectivity index (χ4n) is 2.51. The second-order valence-corrected chi connectivity index (χ2v) is 6.44. The SMILES string of the molecule is O=C(COC(=O)c1ccccc1COc1ccccc1)Nc1cc(Cl)ccc1F. The van der Waals surface area contributed by atoms with Crippen LogP contribution in [-0.2, 0) is 16.1 Å². The van der Waals surface area contributed by atoms with Crippen molar-refractivity contribution in [2.75, 3.05) is 11.9 Å². The number of benzene rings is 3. The van der Waals surface area contributed by atoms with Gasteiger partial charge in [-0.3, -0.25) is 4.79 Å². The maximum Gasteiger partial charge on any atom is 0.339 e. The number of halogens is 2. The van der Waals surface area contributed by atoms with Gasteiger partial charge in [-0.2, -0.15) is 0 Å². The number of amides is 1. The van der Waals surface area contributed by atoms with Crippen LogP contribution in [-0.4, -0.2) is 18.5 Å². The van der Waals surface area contributed by atoms with Crippen LogP contribution in [0.2, 0.25) is 5.02 Å². The fraction of sp³-hybridized carbons (Fsp3) is 0.0909. The number of hydrogen-bond acceptors (Lipinski definition) is 4. The van der Waals surface area contributed by atoms with Gasteiger partial charge in [-0.05, 0) is 36.4 Å². The zero-order valence-electron chi connectivity index (χ0n) is 15.2. The number of esters is 1. The average Bonchev–Trinajstić information content (AvgIpc) is 2.74. The lowest BCUT2D eigenvalue weighted by atomic mass is 10.1. The third kappa shape index (κ3) is 5.80. The lowest BCUT2D eigenvalue weighted by Gasteiger charge is -2.11. The highest BCUT2D eigenvalue weighted by molar-refractivity contribution is 6.30. The van der Waals surface area contributed by atoms with Crippen molar-refractivity contribution in [1.82, 2.24) is 0 Å². The maximum absolute atomic E-state index is 13.7. The highest BCUT2D eigenvalue weighted by Gasteiger charge is 2.15. The third-order valence-electron chi connectivity index (χ3n) is 3.91. The van der Waals surface area contributed by atoms with Gasteiger partial charge in [-0.1, -0.05) is 48.0 Å². The minimum absolute atomic E-state index is 0.0878. The van der Waals surface area contributed by atoms with Crippen molar-refractivity contribution >= 4 is 29.2 Å². The molecule has 0 saturated heterocycles. The summed E-state index contributed by atoms with van der Waals surface area (Å²) in [6, 6.07) is 19.7. The molecule has 0 radical (unpaired) electrons. The van der Waals surface area contributed by atoms with Crippen LogP contribution >= 0.6 is 11.6 Å². The molecule has 0 bridgehead atoms. The minimum atomic E-state index is -0.683. The Bertz CT molecular complexity index is 1010. The van der Waals surface area contributed by atoms with Crippen molar-refractivity contribution in [2.24, 2.45) is 0 Å². The van der Waals surface area contributed by atoms with Crippen molar-refractivity contribution in [1.29, 1.82) is 0 Å². The molecular formula is C22H17ClFNO4. The van der Waals surface area contributed by atoms with E-state index in [1.165, 1.54) is 12.1 Å². The molecule has 3 aromatic rings.